The Morgan fingerprint density at radius 1 is 1.41 bits per heavy atom. The molecule has 0 aliphatic carbocycles. The highest BCUT2D eigenvalue weighted by Gasteiger charge is 2.22. The van der Waals surface area contributed by atoms with Crippen molar-refractivity contribution in [3.63, 3.8) is 0 Å². The van der Waals surface area contributed by atoms with Gasteiger partial charge in [0, 0.05) is 25.6 Å². The van der Waals surface area contributed by atoms with E-state index in [-0.39, 0.29) is 0 Å². The highest BCUT2D eigenvalue weighted by Crippen LogP contribution is 2.16. The van der Waals surface area contributed by atoms with Gasteiger partial charge in [0.2, 0.25) is 0 Å². The van der Waals surface area contributed by atoms with Crippen LogP contribution in [0.3, 0.4) is 0 Å². The first-order valence-electron chi connectivity index (χ1n) is 6.66. The lowest BCUT2D eigenvalue weighted by Crippen LogP contribution is -2.34. The van der Waals surface area contributed by atoms with Crippen LogP contribution < -0.4 is 5.32 Å². The van der Waals surface area contributed by atoms with E-state index in [0.717, 1.165) is 38.4 Å². The number of hydrogen-bond donors (Lipinski definition) is 1. The molecule has 1 aromatic rings. The number of nitrogens with zero attached hydrogens (tertiary/aromatic N) is 4. The third-order valence-electron chi connectivity index (χ3n) is 3.98. The molecule has 1 aromatic heterocycles. The average molecular weight is 235 g/mol. The molecule has 0 bridgehead atoms. The molecule has 94 valence electrons. The van der Waals surface area contributed by atoms with Crippen molar-refractivity contribution in [3.05, 3.63) is 11.6 Å². The van der Waals surface area contributed by atoms with E-state index in [4.69, 9.17) is 0 Å². The monoisotopic (exact) mass is 235 g/mol. The first-order chi connectivity index (χ1) is 8.34. The summed E-state index contributed by atoms with van der Waals surface area (Å²) in [5.74, 6) is 2.33. The minimum Gasteiger partial charge on any atom is -0.315 e. The van der Waals surface area contributed by atoms with Crippen molar-refractivity contribution in [3.8, 4) is 0 Å². The Balaban J connectivity index is 1.69. The van der Waals surface area contributed by atoms with Crippen LogP contribution in [0.1, 0.15) is 30.9 Å². The molecule has 0 saturated carbocycles. The molecular formula is C12H21N5. The molecule has 1 saturated heterocycles. The summed E-state index contributed by atoms with van der Waals surface area (Å²) in [6, 6.07) is 0.659. The van der Waals surface area contributed by atoms with Crippen molar-refractivity contribution in [2.75, 3.05) is 20.1 Å². The SMILES string of the molecule is CN(Cc1nnc2n1CCCC2)C1CCNC1. The molecule has 5 nitrogen and oxygen atoms in total. The van der Waals surface area contributed by atoms with Crippen LogP contribution in [0.15, 0.2) is 0 Å². The summed E-state index contributed by atoms with van der Waals surface area (Å²) in [5.41, 5.74) is 0. The fourth-order valence-electron chi connectivity index (χ4n) is 2.85. The van der Waals surface area contributed by atoms with Crippen LogP contribution in [0.4, 0.5) is 0 Å². The Labute approximate surface area is 102 Å². The Kier molecular flexibility index (Phi) is 3.11. The molecule has 1 atom stereocenters. The van der Waals surface area contributed by atoms with Crippen molar-refractivity contribution in [2.24, 2.45) is 0 Å². The normalized spacial score (nSPS) is 24.2. The summed E-state index contributed by atoms with van der Waals surface area (Å²) in [4.78, 5) is 2.41. The molecule has 0 amide bonds. The van der Waals surface area contributed by atoms with Gasteiger partial charge in [0.25, 0.3) is 0 Å². The van der Waals surface area contributed by atoms with Crippen LogP contribution in [0.5, 0.6) is 0 Å². The maximum absolute atomic E-state index is 4.36. The predicted octanol–water partition coefficient (Wildman–Crippen LogP) is 0.408. The Bertz CT molecular complexity index is 380. The van der Waals surface area contributed by atoms with Gasteiger partial charge in [-0.1, -0.05) is 0 Å². The van der Waals surface area contributed by atoms with E-state index in [1.165, 1.54) is 25.1 Å². The van der Waals surface area contributed by atoms with Gasteiger partial charge in [0.05, 0.1) is 6.54 Å². The van der Waals surface area contributed by atoms with Gasteiger partial charge in [-0.15, -0.1) is 10.2 Å². The molecule has 2 aliphatic rings. The van der Waals surface area contributed by atoms with Crippen molar-refractivity contribution < 1.29 is 0 Å². The van der Waals surface area contributed by atoms with E-state index in [0.29, 0.717) is 6.04 Å². The summed E-state index contributed by atoms with van der Waals surface area (Å²) in [7, 11) is 2.20. The van der Waals surface area contributed by atoms with Gasteiger partial charge < -0.3 is 9.88 Å². The van der Waals surface area contributed by atoms with E-state index in [9.17, 15) is 0 Å². The molecule has 0 aromatic carbocycles. The third kappa shape index (κ3) is 2.21. The second kappa shape index (κ2) is 4.74. The zero-order valence-electron chi connectivity index (χ0n) is 10.5. The molecule has 0 radical (unpaired) electrons. The van der Waals surface area contributed by atoms with Crippen molar-refractivity contribution in [1.29, 1.82) is 0 Å². The average Bonchev–Trinajstić information content (AvgIpc) is 2.98. The lowest BCUT2D eigenvalue weighted by molar-refractivity contribution is 0.238. The second-order valence-corrected chi connectivity index (χ2v) is 5.20. The standard InChI is InChI=1S/C12H21N5/c1-16(10-5-6-13-8-10)9-12-15-14-11-4-2-3-7-17(11)12/h10,13H,2-9H2,1H3. The maximum atomic E-state index is 4.36. The minimum absolute atomic E-state index is 0.659. The number of aromatic nitrogens is 3. The summed E-state index contributed by atoms with van der Waals surface area (Å²) >= 11 is 0. The summed E-state index contributed by atoms with van der Waals surface area (Å²) in [6.45, 7) is 4.29. The Morgan fingerprint density at radius 3 is 3.18 bits per heavy atom. The van der Waals surface area contributed by atoms with E-state index in [1.54, 1.807) is 0 Å². The van der Waals surface area contributed by atoms with Gasteiger partial charge in [-0.05, 0) is 32.9 Å². The number of nitrogens with one attached hydrogen (secondary N) is 1. The van der Waals surface area contributed by atoms with Gasteiger partial charge in [-0.2, -0.15) is 0 Å². The van der Waals surface area contributed by atoms with Gasteiger partial charge in [-0.3, -0.25) is 4.90 Å². The summed E-state index contributed by atoms with van der Waals surface area (Å²) < 4.78 is 2.32. The highest BCUT2D eigenvalue weighted by atomic mass is 15.3. The molecular weight excluding hydrogens is 214 g/mol. The van der Waals surface area contributed by atoms with E-state index in [1.807, 2.05) is 0 Å². The van der Waals surface area contributed by atoms with Gasteiger partial charge >= 0.3 is 0 Å². The molecule has 1 unspecified atom stereocenters. The fraction of sp³-hybridized carbons (Fsp3) is 0.833. The van der Waals surface area contributed by atoms with E-state index >= 15 is 0 Å². The molecule has 17 heavy (non-hydrogen) atoms. The number of likely N-dealkylation sites (N-methyl/N-ethyl adjacent to an activating group) is 1. The molecule has 3 rings (SSSR count). The summed E-state index contributed by atoms with van der Waals surface area (Å²) in [5, 5.41) is 12.1. The molecule has 2 aliphatic heterocycles. The predicted molar refractivity (Wildman–Crippen MR) is 65.7 cm³/mol. The summed E-state index contributed by atoms with van der Waals surface area (Å²) in [6.07, 6.45) is 4.88. The largest absolute Gasteiger partial charge is 0.315 e. The Hall–Kier alpha value is -0.940. The lowest BCUT2D eigenvalue weighted by atomic mass is 10.1. The minimum atomic E-state index is 0.659. The second-order valence-electron chi connectivity index (χ2n) is 5.20. The number of aryl methyl sites for hydroxylation is 1. The van der Waals surface area contributed by atoms with Crippen LogP contribution >= 0.6 is 0 Å². The Morgan fingerprint density at radius 2 is 2.35 bits per heavy atom. The maximum Gasteiger partial charge on any atom is 0.147 e. The third-order valence-corrected chi connectivity index (χ3v) is 3.98. The number of hydrogen-bond acceptors (Lipinski definition) is 4. The van der Waals surface area contributed by atoms with Crippen LogP contribution in [-0.4, -0.2) is 45.8 Å². The quantitative estimate of drug-likeness (QED) is 0.824. The molecule has 1 fully saturated rings. The van der Waals surface area contributed by atoms with Crippen LogP contribution in [-0.2, 0) is 19.5 Å². The van der Waals surface area contributed by atoms with Gasteiger partial charge in [-0.25, -0.2) is 0 Å². The molecule has 0 spiro atoms. The molecule has 5 heteroatoms. The fourth-order valence-corrected chi connectivity index (χ4v) is 2.85. The molecule has 1 N–H and O–H groups in total. The van der Waals surface area contributed by atoms with Gasteiger partial charge in [0.15, 0.2) is 0 Å². The van der Waals surface area contributed by atoms with Gasteiger partial charge in [0.1, 0.15) is 11.6 Å². The van der Waals surface area contributed by atoms with E-state index < -0.39 is 0 Å². The van der Waals surface area contributed by atoms with Crippen molar-refractivity contribution >= 4 is 0 Å². The number of rotatable bonds is 3. The topological polar surface area (TPSA) is 46.0 Å². The van der Waals surface area contributed by atoms with E-state index in [2.05, 4.69) is 32.0 Å². The first-order valence-corrected chi connectivity index (χ1v) is 6.66. The van der Waals surface area contributed by atoms with Crippen LogP contribution in [0.25, 0.3) is 0 Å². The zero-order valence-corrected chi connectivity index (χ0v) is 10.5. The van der Waals surface area contributed by atoms with Crippen LogP contribution in [0.2, 0.25) is 0 Å². The zero-order chi connectivity index (χ0) is 11.7. The smallest absolute Gasteiger partial charge is 0.147 e. The lowest BCUT2D eigenvalue weighted by Gasteiger charge is -2.24. The first kappa shape index (κ1) is 11.2. The highest BCUT2D eigenvalue weighted by molar-refractivity contribution is 4.99. The van der Waals surface area contributed by atoms with Crippen molar-refractivity contribution in [1.82, 2.24) is 25.0 Å². The van der Waals surface area contributed by atoms with Crippen molar-refractivity contribution in [2.45, 2.75) is 44.8 Å². The molecule has 3 heterocycles. The number of fused-ring (bicyclic) bond motifs is 1. The van der Waals surface area contributed by atoms with Crippen LogP contribution in [0, 0.1) is 0 Å².